The van der Waals surface area contributed by atoms with Gasteiger partial charge in [0.1, 0.15) is 10.8 Å². The van der Waals surface area contributed by atoms with E-state index in [0.717, 1.165) is 17.0 Å². The molecule has 3 rings (SSSR count). The van der Waals surface area contributed by atoms with Crippen LogP contribution in [0, 0.1) is 18.7 Å². The second-order valence-electron chi connectivity index (χ2n) is 5.74. The molecular weight excluding hydrogens is 315 g/mol. The predicted molar refractivity (Wildman–Crippen MR) is 87.7 cm³/mol. The normalized spacial score (nSPS) is 18.8. The zero-order valence-corrected chi connectivity index (χ0v) is 14.0. The monoisotopic (exact) mass is 334 g/mol. The van der Waals surface area contributed by atoms with Gasteiger partial charge in [0.2, 0.25) is 5.91 Å². The zero-order valence-electron chi connectivity index (χ0n) is 13.1. The summed E-state index contributed by atoms with van der Waals surface area (Å²) in [5.41, 5.74) is 1.32. The first-order chi connectivity index (χ1) is 11.1. The first kappa shape index (κ1) is 16.1. The standard InChI is InChI=1S/C17H19FN2O2S/c1-10(19-16(21)12-7-8-22-9-12)15-11(2)20-17(23-15)13-5-3-4-6-14(13)18/h3-6,10,12H,7-9H2,1-2H3,(H,19,21)/t10-,12+/m1/s1. The number of rotatable bonds is 4. The fraction of sp³-hybridized carbons (Fsp3) is 0.412. The summed E-state index contributed by atoms with van der Waals surface area (Å²) in [4.78, 5) is 17.6. The Morgan fingerprint density at radius 1 is 1.48 bits per heavy atom. The molecule has 0 spiro atoms. The molecule has 1 saturated heterocycles. The summed E-state index contributed by atoms with van der Waals surface area (Å²) < 4.78 is 19.2. The van der Waals surface area contributed by atoms with Crippen LogP contribution in [0.25, 0.3) is 10.6 Å². The molecule has 1 aromatic heterocycles. The molecule has 1 aliphatic rings. The number of carbonyl (C=O) groups is 1. The molecule has 1 N–H and O–H groups in total. The van der Waals surface area contributed by atoms with Gasteiger partial charge in [0.05, 0.1) is 29.1 Å². The third kappa shape index (κ3) is 3.43. The third-order valence-corrected chi connectivity index (χ3v) is 5.36. The minimum absolute atomic E-state index is 0.00948. The maximum atomic E-state index is 13.9. The molecule has 1 fully saturated rings. The number of halogens is 1. The van der Waals surface area contributed by atoms with Crippen molar-refractivity contribution < 1.29 is 13.9 Å². The molecule has 1 aromatic carbocycles. The van der Waals surface area contributed by atoms with Crippen molar-refractivity contribution in [1.29, 1.82) is 0 Å². The molecule has 6 heteroatoms. The second kappa shape index (κ2) is 6.76. The van der Waals surface area contributed by atoms with Crippen LogP contribution in [0.3, 0.4) is 0 Å². The minimum atomic E-state index is -0.285. The van der Waals surface area contributed by atoms with Gasteiger partial charge in [-0.1, -0.05) is 12.1 Å². The molecule has 0 unspecified atom stereocenters. The van der Waals surface area contributed by atoms with Gasteiger partial charge in [0.25, 0.3) is 0 Å². The fourth-order valence-electron chi connectivity index (χ4n) is 2.70. The van der Waals surface area contributed by atoms with Crippen molar-refractivity contribution in [3.8, 4) is 10.6 Å². The van der Waals surface area contributed by atoms with E-state index in [-0.39, 0.29) is 23.7 Å². The number of thiazole rings is 1. The van der Waals surface area contributed by atoms with E-state index in [1.54, 1.807) is 18.2 Å². The van der Waals surface area contributed by atoms with Crippen LogP contribution in [0.5, 0.6) is 0 Å². The molecule has 0 bridgehead atoms. The lowest BCUT2D eigenvalue weighted by atomic mass is 10.1. The van der Waals surface area contributed by atoms with E-state index in [4.69, 9.17) is 4.74 Å². The van der Waals surface area contributed by atoms with E-state index in [1.165, 1.54) is 17.4 Å². The number of carbonyl (C=O) groups excluding carboxylic acids is 1. The third-order valence-electron chi connectivity index (χ3n) is 3.99. The number of hydrogen-bond acceptors (Lipinski definition) is 4. The van der Waals surface area contributed by atoms with E-state index in [0.29, 0.717) is 23.8 Å². The summed E-state index contributed by atoms with van der Waals surface area (Å²) in [5.74, 6) is -0.348. The zero-order chi connectivity index (χ0) is 16.4. The van der Waals surface area contributed by atoms with Crippen LogP contribution in [0.2, 0.25) is 0 Å². The number of aryl methyl sites for hydroxylation is 1. The molecule has 1 aliphatic heterocycles. The number of benzene rings is 1. The van der Waals surface area contributed by atoms with Gasteiger partial charge in [-0.15, -0.1) is 11.3 Å². The number of aromatic nitrogens is 1. The first-order valence-corrected chi connectivity index (χ1v) is 8.48. The van der Waals surface area contributed by atoms with Gasteiger partial charge in [0.15, 0.2) is 0 Å². The molecule has 23 heavy (non-hydrogen) atoms. The van der Waals surface area contributed by atoms with Crippen molar-refractivity contribution in [3.63, 3.8) is 0 Å². The summed E-state index contributed by atoms with van der Waals surface area (Å²) in [7, 11) is 0. The van der Waals surface area contributed by atoms with Crippen LogP contribution in [0.1, 0.15) is 30.0 Å². The second-order valence-corrected chi connectivity index (χ2v) is 6.77. The van der Waals surface area contributed by atoms with Crippen LogP contribution in [-0.4, -0.2) is 24.1 Å². The number of amides is 1. The maximum Gasteiger partial charge on any atom is 0.226 e. The van der Waals surface area contributed by atoms with E-state index >= 15 is 0 Å². The van der Waals surface area contributed by atoms with Crippen molar-refractivity contribution >= 4 is 17.2 Å². The average molecular weight is 334 g/mol. The SMILES string of the molecule is Cc1nc(-c2ccccc2F)sc1[C@@H](C)NC(=O)[C@H]1CCOC1. The lowest BCUT2D eigenvalue weighted by Crippen LogP contribution is -2.32. The van der Waals surface area contributed by atoms with Crippen LogP contribution in [-0.2, 0) is 9.53 Å². The highest BCUT2D eigenvalue weighted by atomic mass is 32.1. The molecule has 4 nitrogen and oxygen atoms in total. The van der Waals surface area contributed by atoms with Crippen molar-refractivity contribution in [1.82, 2.24) is 10.3 Å². The lowest BCUT2D eigenvalue weighted by Gasteiger charge is -2.15. The number of ether oxygens (including phenoxy) is 1. The topological polar surface area (TPSA) is 51.2 Å². The lowest BCUT2D eigenvalue weighted by molar-refractivity contribution is -0.125. The Kier molecular flexibility index (Phi) is 4.73. The van der Waals surface area contributed by atoms with Gasteiger partial charge in [-0.05, 0) is 32.4 Å². The van der Waals surface area contributed by atoms with Crippen molar-refractivity contribution in [2.24, 2.45) is 5.92 Å². The summed E-state index contributed by atoms with van der Waals surface area (Å²) in [6.07, 6.45) is 0.765. The van der Waals surface area contributed by atoms with Crippen LogP contribution in [0.15, 0.2) is 24.3 Å². The van der Waals surface area contributed by atoms with E-state index < -0.39 is 0 Å². The highest BCUT2D eigenvalue weighted by Crippen LogP contribution is 2.33. The largest absolute Gasteiger partial charge is 0.381 e. The Morgan fingerprint density at radius 2 is 2.26 bits per heavy atom. The molecule has 122 valence electrons. The first-order valence-electron chi connectivity index (χ1n) is 7.66. The molecule has 2 aromatic rings. The van der Waals surface area contributed by atoms with Gasteiger partial charge in [-0.25, -0.2) is 9.37 Å². The minimum Gasteiger partial charge on any atom is -0.381 e. The Balaban J connectivity index is 1.77. The summed E-state index contributed by atoms with van der Waals surface area (Å²) in [6.45, 7) is 4.95. The van der Waals surface area contributed by atoms with Gasteiger partial charge < -0.3 is 10.1 Å². The Hall–Kier alpha value is -1.79. The average Bonchev–Trinajstić information content (AvgIpc) is 3.17. The fourth-order valence-corrected chi connectivity index (χ4v) is 3.79. The Morgan fingerprint density at radius 3 is 2.96 bits per heavy atom. The van der Waals surface area contributed by atoms with Gasteiger partial charge in [-0.3, -0.25) is 4.79 Å². The number of hydrogen-bond donors (Lipinski definition) is 1. The van der Waals surface area contributed by atoms with Gasteiger partial charge in [0, 0.05) is 12.2 Å². The highest BCUT2D eigenvalue weighted by molar-refractivity contribution is 7.15. The summed E-state index contributed by atoms with van der Waals surface area (Å²) in [5, 5.41) is 3.66. The smallest absolute Gasteiger partial charge is 0.226 e. The predicted octanol–water partition coefficient (Wildman–Crippen LogP) is 3.47. The van der Waals surface area contributed by atoms with Crippen molar-refractivity contribution in [2.75, 3.05) is 13.2 Å². The van der Waals surface area contributed by atoms with E-state index in [2.05, 4.69) is 10.3 Å². The molecule has 2 atom stereocenters. The summed E-state index contributed by atoms with van der Waals surface area (Å²) >= 11 is 1.42. The summed E-state index contributed by atoms with van der Waals surface area (Å²) in [6, 6.07) is 6.45. The molecule has 1 amide bonds. The van der Waals surface area contributed by atoms with Gasteiger partial charge in [-0.2, -0.15) is 0 Å². The Bertz CT molecular complexity index is 710. The number of nitrogens with one attached hydrogen (secondary N) is 1. The van der Waals surface area contributed by atoms with Crippen LogP contribution < -0.4 is 5.32 Å². The number of nitrogens with zero attached hydrogens (tertiary/aromatic N) is 1. The molecular formula is C17H19FN2O2S. The molecule has 0 aliphatic carbocycles. The molecule has 0 saturated carbocycles. The quantitative estimate of drug-likeness (QED) is 0.931. The molecule has 2 heterocycles. The maximum absolute atomic E-state index is 13.9. The van der Waals surface area contributed by atoms with Crippen LogP contribution >= 0.6 is 11.3 Å². The Labute approximate surface area is 138 Å². The van der Waals surface area contributed by atoms with E-state index in [9.17, 15) is 9.18 Å². The van der Waals surface area contributed by atoms with Crippen molar-refractivity contribution in [2.45, 2.75) is 26.3 Å². The highest BCUT2D eigenvalue weighted by Gasteiger charge is 2.26. The molecule has 0 radical (unpaired) electrons. The van der Waals surface area contributed by atoms with Crippen molar-refractivity contribution in [3.05, 3.63) is 40.7 Å². The van der Waals surface area contributed by atoms with E-state index in [1.807, 2.05) is 13.8 Å². The van der Waals surface area contributed by atoms with Crippen LogP contribution in [0.4, 0.5) is 4.39 Å². The van der Waals surface area contributed by atoms with Gasteiger partial charge >= 0.3 is 0 Å².